The summed E-state index contributed by atoms with van der Waals surface area (Å²) in [6.45, 7) is 31.2. The number of fused-ring (bicyclic) bond motifs is 2. The topological polar surface area (TPSA) is 131 Å². The Labute approximate surface area is 452 Å². The normalized spacial score (nSPS) is 18.6. The predicted octanol–water partition coefficient (Wildman–Crippen LogP) is 7.56. The zero-order chi connectivity index (χ0) is 57.3. The summed E-state index contributed by atoms with van der Waals surface area (Å²) in [5.41, 5.74) is 6.51. The lowest BCUT2D eigenvalue weighted by Crippen LogP contribution is -3.61. The van der Waals surface area contributed by atoms with E-state index < -0.39 is 55.2 Å². The maximum absolute atomic E-state index is 12.2. The van der Waals surface area contributed by atoms with Crippen molar-refractivity contribution < 1.29 is 113 Å². The minimum absolute atomic E-state index is 0.00400. The number of hydrogen-bond donors (Lipinski definition) is 0. The van der Waals surface area contributed by atoms with Gasteiger partial charge in [0.25, 0.3) is 0 Å². The van der Waals surface area contributed by atoms with Gasteiger partial charge in [-0.15, -0.1) is 0 Å². The molecule has 2 aliphatic carbocycles. The quantitative estimate of drug-likeness (QED) is 0.0961. The molecule has 3 unspecified atom stereocenters. The lowest BCUT2D eigenvalue weighted by atomic mass is 9.80. The van der Waals surface area contributed by atoms with E-state index in [2.05, 4.69) is 180 Å². The van der Waals surface area contributed by atoms with Crippen molar-refractivity contribution in [2.24, 2.45) is 23.2 Å². The number of alkyl halides is 9. The van der Waals surface area contributed by atoms with Crippen molar-refractivity contribution in [3.8, 4) is 0 Å². The molecule has 2 aliphatic rings. The van der Waals surface area contributed by atoms with E-state index in [1.165, 1.54) is 36.5 Å². The van der Waals surface area contributed by atoms with E-state index in [0.717, 1.165) is 12.8 Å². The Morgan fingerprint density at radius 1 is 0.486 bits per heavy atom. The fraction of sp³-hybridized carbons (Fsp3) is 0.537. The molecule has 0 heterocycles. The van der Waals surface area contributed by atoms with E-state index in [1.807, 2.05) is 13.8 Å². The highest BCUT2D eigenvalue weighted by atomic mass is 127. The first-order chi connectivity index (χ1) is 33.1. The second kappa shape index (κ2) is 23.3. The first-order valence-electron chi connectivity index (χ1n) is 23.4. The lowest BCUT2D eigenvalue weighted by molar-refractivity contribution is -0.597. The number of ketones is 1. The summed E-state index contributed by atoms with van der Waals surface area (Å²) in [6.07, 6.45) is -5.43. The molecule has 2 fully saturated rings. The Hall–Kier alpha value is -2.80. The van der Waals surface area contributed by atoms with Crippen LogP contribution in [0.25, 0.3) is 0 Å². The second-order valence-corrected chi connectivity index (χ2v) is 32.1. The Balaban J connectivity index is 0.000000263. The summed E-state index contributed by atoms with van der Waals surface area (Å²) in [7, 11) is -11.7. The zero-order valence-corrected chi connectivity index (χ0v) is 49.9. The lowest BCUT2D eigenvalue weighted by Gasteiger charge is -2.34. The van der Waals surface area contributed by atoms with Crippen molar-refractivity contribution in [1.29, 1.82) is 0 Å². The molecule has 7 nitrogen and oxygen atoms in total. The number of benzene rings is 4. The molecular weight excluding hydrogens is 1250 g/mol. The highest BCUT2D eigenvalue weighted by Gasteiger charge is 2.83. The van der Waals surface area contributed by atoms with E-state index in [-0.39, 0.29) is 87.1 Å². The van der Waals surface area contributed by atoms with Gasteiger partial charge in [-0.25, -0.2) is 16.8 Å². The average molecular weight is 1320 g/mol. The molecule has 0 saturated heterocycles. The Morgan fingerprint density at radius 2 is 0.757 bits per heavy atom. The molecule has 414 valence electrons. The maximum Gasteiger partial charge on any atom is 0.460 e. The van der Waals surface area contributed by atoms with Gasteiger partial charge in [-0.1, -0.05) is 145 Å². The Bertz CT molecular complexity index is 2510. The van der Waals surface area contributed by atoms with Crippen molar-refractivity contribution in [2.75, 3.05) is 5.75 Å². The van der Waals surface area contributed by atoms with Crippen LogP contribution in [-0.2, 0) is 46.7 Å². The number of halogens is 11. The average Bonchev–Trinajstić information content (AvgIpc) is 3.63. The third kappa shape index (κ3) is 16.6. The van der Waals surface area contributed by atoms with Crippen LogP contribution in [0.4, 0.5) is 39.5 Å². The van der Waals surface area contributed by atoms with Gasteiger partial charge < -0.3 is 9.11 Å². The van der Waals surface area contributed by atoms with Gasteiger partial charge in [0.15, 0.2) is 24.4 Å². The van der Waals surface area contributed by atoms with Gasteiger partial charge in [0.1, 0.15) is 5.78 Å². The van der Waals surface area contributed by atoms with Crippen LogP contribution in [0, 0.1) is 37.4 Å². The van der Waals surface area contributed by atoms with E-state index in [4.69, 9.17) is 0 Å². The monoisotopic (exact) mass is 1320 g/mol. The van der Waals surface area contributed by atoms with E-state index >= 15 is 0 Å². The maximum atomic E-state index is 12.2. The highest BCUT2D eigenvalue weighted by Crippen LogP contribution is 2.58. The van der Waals surface area contributed by atoms with E-state index in [0.29, 0.717) is 0 Å². The molecule has 0 N–H and O–H groups in total. The fourth-order valence-corrected chi connectivity index (χ4v) is 13.9. The van der Waals surface area contributed by atoms with Crippen LogP contribution < -0.4 is 42.4 Å². The SMILES string of the molecule is CC(C)(C)c1ccc([I+]c2ccc(C(C)(C)C)cc2)cc1.CC(C)(C)c1ccc([I+]c2ccc(C(C)(C)C)cc2)cc1.CC1(C)C2CCC1C(CS(=O)(=O)[O-])C2=O.O=S(=O)([O-])C(F)(F)C(F)(F)C(F)(F)C(F)(F)F. The van der Waals surface area contributed by atoms with Crippen LogP contribution in [0.2, 0.25) is 0 Å². The van der Waals surface area contributed by atoms with Crippen LogP contribution in [0.15, 0.2) is 97.1 Å². The molecule has 0 spiro atoms. The second-order valence-electron chi connectivity index (χ2n) is 23.1. The van der Waals surface area contributed by atoms with Crippen LogP contribution >= 0.6 is 0 Å². The molecule has 20 heteroatoms. The van der Waals surface area contributed by atoms with Gasteiger partial charge in [0, 0.05) is 17.6 Å². The molecule has 0 amide bonds. The summed E-state index contributed by atoms with van der Waals surface area (Å²) in [4.78, 5) is 11.9. The number of hydrogen-bond acceptors (Lipinski definition) is 7. The van der Waals surface area contributed by atoms with E-state index in [1.54, 1.807) is 0 Å². The number of carbonyl (C=O) groups is 1. The van der Waals surface area contributed by atoms with Crippen molar-refractivity contribution in [2.45, 2.75) is 155 Å². The first-order valence-corrected chi connectivity index (χ1v) is 30.7. The molecule has 0 aromatic heterocycles. The minimum atomic E-state index is -7.43. The molecular formula is C54H67F9I2O7S2. The molecule has 0 aliphatic heterocycles. The van der Waals surface area contributed by atoms with Crippen molar-refractivity contribution in [3.63, 3.8) is 0 Å². The van der Waals surface area contributed by atoms with Gasteiger partial charge in [-0.2, -0.15) is 39.5 Å². The summed E-state index contributed by atoms with van der Waals surface area (Å²) < 4.78 is 174. The largest absolute Gasteiger partial charge is 0.748 e. The Morgan fingerprint density at radius 3 is 0.946 bits per heavy atom. The zero-order valence-electron chi connectivity index (χ0n) is 43.9. The third-order valence-electron chi connectivity index (χ3n) is 12.9. The van der Waals surface area contributed by atoms with Crippen molar-refractivity contribution >= 4 is 26.0 Å². The number of rotatable bonds is 9. The number of carbonyl (C=O) groups excluding carboxylic acids is 1. The summed E-state index contributed by atoms with van der Waals surface area (Å²) in [5.74, 6) is -15.8. The Kier molecular flexibility index (Phi) is 20.6. The molecule has 2 saturated carbocycles. The molecule has 0 radical (unpaired) electrons. The summed E-state index contributed by atoms with van der Waals surface area (Å²) in [6, 6.07) is 36.8. The van der Waals surface area contributed by atoms with Crippen molar-refractivity contribution in [1.82, 2.24) is 0 Å². The van der Waals surface area contributed by atoms with E-state index in [9.17, 15) is 70.2 Å². The molecule has 4 aromatic rings. The molecule has 74 heavy (non-hydrogen) atoms. The van der Waals surface area contributed by atoms with Gasteiger partial charge >= 0.3 is 65.7 Å². The van der Waals surface area contributed by atoms with Gasteiger partial charge in [0.05, 0.1) is 10.1 Å². The smallest absolute Gasteiger partial charge is 0.460 e. The standard InChI is InChI=1S/2C20H26I.C10H16O4S.C4HF9O3S/c2*1-19(2,3)15-7-11-17(12-8-15)21-18-13-9-16(10-14-18)20(4,5)6;1-10(2)7-3-4-8(10)9(11)6(7)5-15(12,13)14;5-1(6,3(9,10)11)2(7,8)4(12,13)17(14,15)16/h2*7-14H,1-6H3;6-8H,3-5H2,1-2H3,(H,12,13,14);(H,14,15,16)/q2*+1;;/p-2. The van der Waals surface area contributed by atoms with Crippen LogP contribution in [0.1, 0.15) is 132 Å². The summed E-state index contributed by atoms with van der Waals surface area (Å²) in [5, 5.41) is -7.11. The van der Waals surface area contributed by atoms with Gasteiger partial charge in [-0.05, 0) is 117 Å². The van der Waals surface area contributed by atoms with Gasteiger partial charge in [0.2, 0.25) is 0 Å². The van der Waals surface area contributed by atoms with Crippen LogP contribution in [-0.4, -0.2) is 60.8 Å². The van der Waals surface area contributed by atoms with Gasteiger partial charge in [-0.3, -0.25) is 4.79 Å². The highest BCUT2D eigenvalue weighted by molar-refractivity contribution is 7.86. The van der Waals surface area contributed by atoms with Crippen LogP contribution in [0.3, 0.4) is 0 Å². The molecule has 4 aromatic carbocycles. The molecule has 3 atom stereocenters. The first kappa shape index (κ1) is 65.5. The minimum Gasteiger partial charge on any atom is -0.748 e. The number of Topliss-reactive ketones (excluding diaryl/α,β-unsaturated/α-hetero) is 1. The molecule has 2 bridgehead atoms. The predicted molar refractivity (Wildman–Crippen MR) is 259 cm³/mol. The molecule has 6 rings (SSSR count). The summed E-state index contributed by atoms with van der Waals surface area (Å²) >= 11 is -0.141. The fourth-order valence-electron chi connectivity index (χ4n) is 8.27. The van der Waals surface area contributed by atoms with Crippen LogP contribution in [0.5, 0.6) is 0 Å². The van der Waals surface area contributed by atoms with Crippen molar-refractivity contribution in [3.05, 3.63) is 134 Å². The third-order valence-corrected chi connectivity index (χ3v) is 19.9.